The maximum Gasteiger partial charge on any atom is 0.408 e. The summed E-state index contributed by atoms with van der Waals surface area (Å²) in [5.41, 5.74) is -0.391. The second kappa shape index (κ2) is 13.4. The highest BCUT2D eigenvalue weighted by atomic mass is 16.6. The Morgan fingerprint density at radius 3 is 1.89 bits per heavy atom. The van der Waals surface area contributed by atoms with Gasteiger partial charge in [0.05, 0.1) is 0 Å². The minimum absolute atomic E-state index is 0.197. The molecule has 9 heteroatoms. The van der Waals surface area contributed by atoms with Gasteiger partial charge >= 0.3 is 6.09 Å². The van der Waals surface area contributed by atoms with E-state index in [1.165, 1.54) is 6.92 Å². The number of nitrogens with one attached hydrogen (secondary N) is 4. The first kappa shape index (κ1) is 29.4. The molecule has 4 N–H and O–H groups in total. The zero-order valence-electron chi connectivity index (χ0n) is 22.2. The summed E-state index contributed by atoms with van der Waals surface area (Å²) < 4.78 is 5.37. The Bertz CT molecular complexity index is 1050. The molecule has 2 aromatic carbocycles. The molecule has 0 aromatic heterocycles. The van der Waals surface area contributed by atoms with Gasteiger partial charge in [0, 0.05) is 32.9 Å². The monoisotopic (exact) mass is 510 g/mol. The average molecular weight is 511 g/mol. The lowest BCUT2D eigenvalue weighted by atomic mass is 9.90. The minimum atomic E-state index is -1.33. The van der Waals surface area contributed by atoms with Crippen molar-refractivity contribution in [3.63, 3.8) is 0 Å². The van der Waals surface area contributed by atoms with E-state index in [-0.39, 0.29) is 31.8 Å². The molecule has 4 amide bonds. The van der Waals surface area contributed by atoms with Crippen LogP contribution in [0.3, 0.4) is 0 Å². The molecule has 0 radical (unpaired) electrons. The third kappa shape index (κ3) is 10.7. The van der Waals surface area contributed by atoms with Crippen molar-refractivity contribution in [2.45, 2.75) is 64.6 Å². The first-order chi connectivity index (χ1) is 17.4. The molecule has 2 atom stereocenters. The van der Waals surface area contributed by atoms with E-state index in [9.17, 15) is 19.2 Å². The van der Waals surface area contributed by atoms with Crippen LogP contribution < -0.4 is 21.3 Å². The van der Waals surface area contributed by atoms with Crippen molar-refractivity contribution >= 4 is 23.8 Å². The summed E-state index contributed by atoms with van der Waals surface area (Å²) in [4.78, 5) is 50.6. The number of carbonyl (C=O) groups excluding carboxylic acids is 4. The van der Waals surface area contributed by atoms with E-state index in [0.29, 0.717) is 0 Å². The molecule has 0 bridgehead atoms. The normalized spacial score (nSPS) is 13.4. The van der Waals surface area contributed by atoms with Gasteiger partial charge in [-0.05, 0) is 38.8 Å². The van der Waals surface area contributed by atoms with Gasteiger partial charge in [-0.25, -0.2) is 4.79 Å². The van der Waals surface area contributed by atoms with Crippen LogP contribution >= 0.6 is 0 Å². The number of benzene rings is 2. The molecule has 0 saturated heterocycles. The van der Waals surface area contributed by atoms with E-state index < -0.39 is 35.1 Å². The van der Waals surface area contributed by atoms with Gasteiger partial charge in [0.1, 0.15) is 17.2 Å². The average Bonchev–Trinajstić information content (AvgIpc) is 2.81. The molecular weight excluding hydrogens is 472 g/mol. The van der Waals surface area contributed by atoms with E-state index >= 15 is 0 Å². The van der Waals surface area contributed by atoms with Crippen LogP contribution in [0.5, 0.6) is 0 Å². The quantitative estimate of drug-likeness (QED) is 0.346. The Labute approximate surface area is 218 Å². The number of rotatable bonds is 11. The number of hydrogen-bond acceptors (Lipinski definition) is 5. The standard InChI is InChI=1S/C28H38N4O5/c1-20(33)29-16-17-30-25(35)28(5,19-22-14-10-7-11-15-22)32-24(34)23(18-21-12-8-6-9-13-21)31-26(36)37-27(2,3)4/h6-15,23H,16-19H2,1-5H3,(H,29,33)(H,30,35)(H,31,36)(H,32,34)/t23-,28?/m0/s1. The van der Waals surface area contributed by atoms with Gasteiger partial charge in [0.15, 0.2) is 0 Å². The molecule has 200 valence electrons. The van der Waals surface area contributed by atoms with E-state index in [2.05, 4.69) is 21.3 Å². The second-order valence-corrected chi connectivity index (χ2v) is 10.1. The lowest BCUT2D eigenvalue weighted by molar-refractivity contribution is -0.133. The molecule has 0 aliphatic heterocycles. The van der Waals surface area contributed by atoms with Crippen molar-refractivity contribution in [3.8, 4) is 0 Å². The van der Waals surface area contributed by atoms with Gasteiger partial charge in [-0.2, -0.15) is 0 Å². The summed E-state index contributed by atoms with van der Waals surface area (Å²) in [5.74, 6) is -1.14. The molecule has 0 aliphatic carbocycles. The van der Waals surface area contributed by atoms with Crippen LogP contribution in [0.1, 0.15) is 45.7 Å². The van der Waals surface area contributed by atoms with Crippen molar-refractivity contribution in [2.24, 2.45) is 0 Å². The fourth-order valence-corrected chi connectivity index (χ4v) is 3.66. The van der Waals surface area contributed by atoms with Crippen molar-refractivity contribution in [3.05, 3.63) is 71.8 Å². The number of hydrogen-bond donors (Lipinski definition) is 4. The highest BCUT2D eigenvalue weighted by molar-refractivity contribution is 5.94. The van der Waals surface area contributed by atoms with Crippen LogP contribution in [0, 0.1) is 0 Å². The summed E-state index contributed by atoms with van der Waals surface area (Å²) in [6, 6.07) is 17.6. The molecular formula is C28H38N4O5. The Morgan fingerprint density at radius 2 is 1.35 bits per heavy atom. The second-order valence-electron chi connectivity index (χ2n) is 10.1. The predicted molar refractivity (Wildman–Crippen MR) is 142 cm³/mol. The summed E-state index contributed by atoms with van der Waals surface area (Å²) in [5, 5.41) is 10.9. The molecule has 9 nitrogen and oxygen atoms in total. The maximum absolute atomic E-state index is 13.6. The molecule has 0 saturated carbocycles. The van der Waals surface area contributed by atoms with Crippen LogP contribution in [0.25, 0.3) is 0 Å². The maximum atomic E-state index is 13.6. The fraction of sp³-hybridized carbons (Fsp3) is 0.429. The molecule has 2 aromatic rings. The SMILES string of the molecule is CC(=O)NCCNC(=O)C(C)(Cc1ccccc1)NC(=O)[C@H](Cc1ccccc1)NC(=O)OC(C)(C)C. The van der Waals surface area contributed by atoms with Gasteiger partial charge in [-0.3, -0.25) is 14.4 Å². The van der Waals surface area contributed by atoms with Crippen LogP contribution in [-0.2, 0) is 32.0 Å². The lowest BCUT2D eigenvalue weighted by Crippen LogP contribution is -2.62. The van der Waals surface area contributed by atoms with Gasteiger partial charge in [0.2, 0.25) is 17.7 Å². The fourth-order valence-electron chi connectivity index (χ4n) is 3.66. The summed E-state index contributed by atoms with van der Waals surface area (Å²) in [7, 11) is 0. The number of amides is 4. The number of alkyl carbamates (subject to hydrolysis) is 1. The molecule has 37 heavy (non-hydrogen) atoms. The summed E-state index contributed by atoms with van der Waals surface area (Å²) >= 11 is 0. The smallest absolute Gasteiger partial charge is 0.408 e. The number of carbonyl (C=O) groups is 4. The highest BCUT2D eigenvalue weighted by Crippen LogP contribution is 2.16. The van der Waals surface area contributed by atoms with Crippen molar-refractivity contribution < 1.29 is 23.9 Å². The first-order valence-corrected chi connectivity index (χ1v) is 12.3. The first-order valence-electron chi connectivity index (χ1n) is 12.3. The molecule has 0 spiro atoms. The Morgan fingerprint density at radius 1 is 0.811 bits per heavy atom. The van der Waals surface area contributed by atoms with Crippen LogP contribution in [0.2, 0.25) is 0 Å². The third-order valence-corrected chi connectivity index (χ3v) is 5.38. The molecule has 2 rings (SSSR count). The van der Waals surface area contributed by atoms with Crippen LogP contribution in [0.15, 0.2) is 60.7 Å². The Kier molecular flexibility index (Phi) is 10.7. The van der Waals surface area contributed by atoms with E-state index in [4.69, 9.17) is 4.74 Å². The molecule has 1 unspecified atom stereocenters. The van der Waals surface area contributed by atoms with Crippen molar-refractivity contribution in [1.82, 2.24) is 21.3 Å². The zero-order valence-corrected chi connectivity index (χ0v) is 22.2. The van der Waals surface area contributed by atoms with E-state index in [0.717, 1.165) is 11.1 Å². The Balaban J connectivity index is 2.26. The summed E-state index contributed by atoms with van der Waals surface area (Å²) in [6.07, 6.45) is -0.304. The molecule has 0 fully saturated rings. The van der Waals surface area contributed by atoms with Crippen LogP contribution in [-0.4, -0.2) is 54.1 Å². The largest absolute Gasteiger partial charge is 0.444 e. The van der Waals surface area contributed by atoms with Crippen molar-refractivity contribution in [2.75, 3.05) is 13.1 Å². The minimum Gasteiger partial charge on any atom is -0.444 e. The molecule has 0 aliphatic rings. The number of ether oxygens (including phenoxy) is 1. The topological polar surface area (TPSA) is 126 Å². The molecule has 0 heterocycles. The van der Waals surface area contributed by atoms with Gasteiger partial charge in [-0.15, -0.1) is 0 Å². The van der Waals surface area contributed by atoms with Crippen molar-refractivity contribution in [1.29, 1.82) is 0 Å². The Hall–Kier alpha value is -3.88. The zero-order chi connectivity index (χ0) is 27.5. The van der Waals surface area contributed by atoms with E-state index in [1.54, 1.807) is 27.7 Å². The van der Waals surface area contributed by atoms with Gasteiger partial charge in [0.25, 0.3) is 0 Å². The highest BCUT2D eigenvalue weighted by Gasteiger charge is 2.37. The summed E-state index contributed by atoms with van der Waals surface area (Å²) in [6.45, 7) is 8.70. The van der Waals surface area contributed by atoms with E-state index in [1.807, 2.05) is 60.7 Å². The van der Waals surface area contributed by atoms with Crippen LogP contribution in [0.4, 0.5) is 4.79 Å². The van der Waals surface area contributed by atoms with Gasteiger partial charge < -0.3 is 26.0 Å². The lowest BCUT2D eigenvalue weighted by Gasteiger charge is -2.32. The third-order valence-electron chi connectivity index (χ3n) is 5.38. The predicted octanol–water partition coefficient (Wildman–Crippen LogP) is 2.49. The van der Waals surface area contributed by atoms with Gasteiger partial charge in [-0.1, -0.05) is 60.7 Å².